The first kappa shape index (κ1) is 17.6. The molecule has 5 rings (SSSR count). The average molecular weight is 494 g/mol. The molecule has 2 fully saturated rings. The number of imidazole rings is 1. The third kappa shape index (κ3) is 2.57. The van der Waals surface area contributed by atoms with Crippen molar-refractivity contribution in [1.29, 1.82) is 5.26 Å². The number of aromatic nitrogens is 4. The quantitative estimate of drug-likeness (QED) is 0.561. The molecule has 9 heteroatoms. The van der Waals surface area contributed by atoms with Gasteiger partial charge >= 0.3 is 0 Å². The zero-order valence-corrected chi connectivity index (χ0v) is 17.8. The molecule has 2 aliphatic rings. The second-order valence-electron chi connectivity index (χ2n) is 7.60. The van der Waals surface area contributed by atoms with Crippen molar-refractivity contribution in [2.24, 2.45) is 11.3 Å². The molecular formula is C18H19IN6OS. The van der Waals surface area contributed by atoms with E-state index in [2.05, 4.69) is 48.0 Å². The third-order valence-corrected chi connectivity index (χ3v) is 7.83. The van der Waals surface area contributed by atoms with Crippen molar-refractivity contribution in [3.63, 3.8) is 0 Å². The van der Waals surface area contributed by atoms with Gasteiger partial charge in [-0.05, 0) is 37.7 Å². The normalized spacial score (nSPS) is 22.4. The van der Waals surface area contributed by atoms with Crippen LogP contribution in [0.2, 0.25) is 0 Å². The molecule has 1 spiro atoms. The monoisotopic (exact) mass is 494 g/mol. The molecule has 27 heavy (non-hydrogen) atoms. The highest BCUT2D eigenvalue weighted by atomic mass is 127. The Morgan fingerprint density at radius 2 is 2.22 bits per heavy atom. The second-order valence-corrected chi connectivity index (χ2v) is 9.31. The van der Waals surface area contributed by atoms with Gasteiger partial charge in [-0.2, -0.15) is 5.26 Å². The van der Waals surface area contributed by atoms with Gasteiger partial charge in [0.05, 0.1) is 18.2 Å². The molecule has 1 aliphatic carbocycles. The summed E-state index contributed by atoms with van der Waals surface area (Å²) in [5.41, 5.74) is 2.94. The summed E-state index contributed by atoms with van der Waals surface area (Å²) >= 11 is 2.25. The standard InChI is InChI=1S/C18H19IN6OS/c1-11(26)16-22-14-10-21-17-13(2-5-24(17)27-19)15(14)25(16)23-6-3-18(4-7-23)8-12(18)9-20/h2,5,10-12,26H,3-4,6-8H2,1H3/t11-,12?/m1/s1. The van der Waals surface area contributed by atoms with Crippen LogP contribution in [0.1, 0.15) is 38.1 Å². The first-order chi connectivity index (χ1) is 13.1. The number of aliphatic hydroxyl groups excluding tert-OH is 1. The molecular weight excluding hydrogens is 475 g/mol. The second kappa shape index (κ2) is 6.25. The molecule has 3 aromatic rings. The van der Waals surface area contributed by atoms with E-state index >= 15 is 0 Å². The Bertz CT molecular complexity index is 1080. The van der Waals surface area contributed by atoms with Crippen molar-refractivity contribution in [3.05, 3.63) is 24.3 Å². The van der Waals surface area contributed by atoms with E-state index in [1.807, 2.05) is 10.2 Å². The molecule has 2 atom stereocenters. The van der Waals surface area contributed by atoms with Crippen LogP contribution in [-0.2, 0) is 0 Å². The van der Waals surface area contributed by atoms with E-state index in [-0.39, 0.29) is 11.3 Å². The number of pyridine rings is 1. The molecule has 140 valence electrons. The summed E-state index contributed by atoms with van der Waals surface area (Å²) in [4.78, 5) is 9.27. The van der Waals surface area contributed by atoms with Crippen molar-refractivity contribution >= 4 is 52.4 Å². The highest BCUT2D eigenvalue weighted by Gasteiger charge is 2.55. The number of nitrogens with zero attached hydrogens (tertiary/aromatic N) is 6. The number of fused-ring (bicyclic) bond motifs is 3. The summed E-state index contributed by atoms with van der Waals surface area (Å²) < 4.78 is 4.13. The largest absolute Gasteiger partial charge is 0.385 e. The van der Waals surface area contributed by atoms with Crippen LogP contribution in [0.25, 0.3) is 22.1 Å². The molecule has 1 saturated heterocycles. The van der Waals surface area contributed by atoms with Crippen molar-refractivity contribution in [2.45, 2.75) is 32.3 Å². The van der Waals surface area contributed by atoms with E-state index in [1.165, 1.54) is 0 Å². The Balaban J connectivity index is 1.63. The molecule has 0 amide bonds. The van der Waals surface area contributed by atoms with Gasteiger partial charge in [0.1, 0.15) is 17.1 Å². The minimum atomic E-state index is -0.669. The van der Waals surface area contributed by atoms with E-state index in [4.69, 9.17) is 4.98 Å². The fourth-order valence-electron chi connectivity index (χ4n) is 4.46. The van der Waals surface area contributed by atoms with Crippen LogP contribution in [0.5, 0.6) is 0 Å². The number of aliphatic hydroxyl groups is 1. The van der Waals surface area contributed by atoms with Gasteiger partial charge in [-0.15, -0.1) is 0 Å². The van der Waals surface area contributed by atoms with Crippen molar-refractivity contribution < 1.29 is 5.11 Å². The van der Waals surface area contributed by atoms with Crippen LogP contribution < -0.4 is 5.01 Å². The number of hydrogen-bond acceptors (Lipinski definition) is 6. The average Bonchev–Trinajstić information content (AvgIpc) is 3.03. The number of halogens is 1. The van der Waals surface area contributed by atoms with Crippen molar-refractivity contribution in [1.82, 2.24) is 18.6 Å². The number of hydrogen-bond donors (Lipinski definition) is 1. The third-order valence-electron chi connectivity index (χ3n) is 6.11. The van der Waals surface area contributed by atoms with Crippen LogP contribution in [0.15, 0.2) is 18.5 Å². The van der Waals surface area contributed by atoms with Crippen LogP contribution in [0.3, 0.4) is 0 Å². The lowest BCUT2D eigenvalue weighted by Crippen LogP contribution is -2.43. The van der Waals surface area contributed by atoms with Gasteiger partial charge in [-0.25, -0.2) is 14.6 Å². The fraction of sp³-hybridized carbons (Fsp3) is 0.500. The minimum Gasteiger partial charge on any atom is -0.385 e. The highest BCUT2D eigenvalue weighted by Crippen LogP contribution is 2.58. The van der Waals surface area contributed by atoms with Crippen LogP contribution in [-0.4, -0.2) is 36.8 Å². The molecule has 3 aromatic heterocycles. The van der Waals surface area contributed by atoms with E-state index in [9.17, 15) is 10.4 Å². The minimum absolute atomic E-state index is 0.223. The first-order valence-electron chi connectivity index (χ1n) is 9.08. The maximum absolute atomic E-state index is 10.4. The van der Waals surface area contributed by atoms with E-state index in [1.54, 1.807) is 22.2 Å². The van der Waals surface area contributed by atoms with Gasteiger partial charge in [0.25, 0.3) is 0 Å². The van der Waals surface area contributed by atoms with Gasteiger partial charge < -0.3 is 10.1 Å². The Morgan fingerprint density at radius 1 is 1.44 bits per heavy atom. The van der Waals surface area contributed by atoms with E-state index in [0.29, 0.717) is 5.82 Å². The number of rotatable bonds is 3. The van der Waals surface area contributed by atoms with Gasteiger partial charge in [0, 0.05) is 55.0 Å². The Hall–Kier alpha value is -1.51. The summed E-state index contributed by atoms with van der Waals surface area (Å²) in [6, 6.07) is 4.52. The highest BCUT2D eigenvalue weighted by molar-refractivity contribution is 14.2. The summed E-state index contributed by atoms with van der Waals surface area (Å²) in [5.74, 6) is 0.874. The first-order valence-corrected chi connectivity index (χ1v) is 12.4. The summed E-state index contributed by atoms with van der Waals surface area (Å²) in [5, 5.41) is 22.9. The molecule has 1 aliphatic heterocycles. The predicted octanol–water partition coefficient (Wildman–Crippen LogP) is 3.55. The van der Waals surface area contributed by atoms with E-state index < -0.39 is 6.10 Å². The molecule has 7 nitrogen and oxygen atoms in total. The molecule has 1 unspecified atom stereocenters. The lowest BCUT2D eigenvalue weighted by Gasteiger charge is -2.36. The molecule has 0 radical (unpaired) electrons. The predicted molar refractivity (Wildman–Crippen MR) is 114 cm³/mol. The molecule has 0 bridgehead atoms. The van der Waals surface area contributed by atoms with Crippen LogP contribution in [0.4, 0.5) is 0 Å². The van der Waals surface area contributed by atoms with Gasteiger partial charge in [-0.1, -0.05) is 0 Å². The van der Waals surface area contributed by atoms with Gasteiger partial charge in [0.15, 0.2) is 11.5 Å². The van der Waals surface area contributed by atoms with Crippen LogP contribution in [0, 0.1) is 22.7 Å². The van der Waals surface area contributed by atoms with Gasteiger partial charge in [-0.3, -0.25) is 3.97 Å². The number of piperidine rings is 1. The fourth-order valence-corrected chi connectivity index (χ4v) is 5.74. The summed E-state index contributed by atoms with van der Waals surface area (Å²) in [7, 11) is 1.58. The number of nitriles is 1. The summed E-state index contributed by atoms with van der Waals surface area (Å²) in [6.07, 6.45) is 6.21. The van der Waals surface area contributed by atoms with E-state index in [0.717, 1.165) is 54.4 Å². The molecule has 1 saturated carbocycles. The molecule has 1 N–H and O–H groups in total. The molecule has 4 heterocycles. The Labute approximate surface area is 173 Å². The smallest absolute Gasteiger partial charge is 0.157 e. The lowest BCUT2D eigenvalue weighted by atomic mass is 9.92. The zero-order valence-electron chi connectivity index (χ0n) is 14.8. The topological polar surface area (TPSA) is 82.9 Å². The SMILES string of the molecule is C[C@@H](O)c1nc2cnc3c(ccn3SI)c2n1N1CCC2(CC1)CC2C#N. The molecule has 0 aromatic carbocycles. The van der Waals surface area contributed by atoms with Gasteiger partial charge in [0.2, 0.25) is 0 Å². The summed E-state index contributed by atoms with van der Waals surface area (Å²) in [6.45, 7) is 3.50. The lowest BCUT2D eigenvalue weighted by molar-refractivity contribution is 0.181. The van der Waals surface area contributed by atoms with Crippen LogP contribution >= 0.6 is 30.3 Å². The van der Waals surface area contributed by atoms with Crippen molar-refractivity contribution in [3.8, 4) is 6.07 Å². The maximum Gasteiger partial charge on any atom is 0.157 e. The van der Waals surface area contributed by atoms with Crippen molar-refractivity contribution in [2.75, 3.05) is 18.1 Å². The Morgan fingerprint density at radius 3 is 2.85 bits per heavy atom. The Kier molecular flexibility index (Phi) is 4.07. The maximum atomic E-state index is 10.4. The zero-order chi connectivity index (χ0) is 18.8.